The van der Waals surface area contributed by atoms with Gasteiger partial charge in [-0.1, -0.05) is 17.7 Å². The molecule has 2 rings (SSSR count). The van der Waals surface area contributed by atoms with Gasteiger partial charge in [0.25, 0.3) is 0 Å². The van der Waals surface area contributed by atoms with E-state index in [-0.39, 0.29) is 16.1 Å². The van der Waals surface area contributed by atoms with Crippen molar-refractivity contribution < 1.29 is 17.6 Å². The Bertz CT molecular complexity index is 643. The summed E-state index contributed by atoms with van der Waals surface area (Å²) < 4.78 is 53.1. The molecule has 112 valence electrons. The Hall–Kier alpha value is -1.66. The molecule has 1 N–H and O–H groups in total. The van der Waals surface area contributed by atoms with Gasteiger partial charge in [0.15, 0.2) is 0 Å². The minimum Gasteiger partial charge on any atom is -0.309 e. The van der Waals surface area contributed by atoms with E-state index in [1.165, 1.54) is 19.2 Å². The fraction of sp³-hybridized carbons (Fsp3) is 0.214. The monoisotopic (exact) mass is 318 g/mol. The van der Waals surface area contributed by atoms with Crippen LogP contribution in [0.1, 0.15) is 22.7 Å². The van der Waals surface area contributed by atoms with Crippen LogP contribution in [0.2, 0.25) is 5.02 Å². The fourth-order valence-electron chi connectivity index (χ4n) is 2.11. The third-order valence-electron chi connectivity index (χ3n) is 3.03. The predicted molar refractivity (Wildman–Crippen MR) is 71.6 cm³/mol. The van der Waals surface area contributed by atoms with Crippen LogP contribution in [0.3, 0.4) is 0 Å². The number of aromatic nitrogens is 1. The smallest absolute Gasteiger partial charge is 0.309 e. The van der Waals surface area contributed by atoms with E-state index in [1.54, 1.807) is 0 Å². The topological polar surface area (TPSA) is 24.9 Å². The number of hydrogen-bond donors (Lipinski definition) is 1. The minimum atomic E-state index is -4.55. The van der Waals surface area contributed by atoms with E-state index < -0.39 is 23.6 Å². The van der Waals surface area contributed by atoms with Crippen molar-refractivity contribution in [3.05, 3.63) is 64.2 Å². The zero-order chi connectivity index (χ0) is 15.6. The second-order valence-electron chi connectivity index (χ2n) is 4.35. The molecule has 1 atom stereocenters. The number of rotatable bonds is 3. The van der Waals surface area contributed by atoms with Crippen molar-refractivity contribution in [2.75, 3.05) is 7.05 Å². The van der Waals surface area contributed by atoms with E-state index >= 15 is 0 Å². The first-order valence-corrected chi connectivity index (χ1v) is 6.35. The first kappa shape index (κ1) is 15.7. The van der Waals surface area contributed by atoms with Gasteiger partial charge in [0.2, 0.25) is 0 Å². The van der Waals surface area contributed by atoms with Crippen LogP contribution in [-0.4, -0.2) is 12.0 Å². The van der Waals surface area contributed by atoms with Crippen LogP contribution >= 0.6 is 11.6 Å². The number of nitrogens with zero attached hydrogens (tertiary/aromatic N) is 1. The molecule has 1 aromatic carbocycles. The summed E-state index contributed by atoms with van der Waals surface area (Å²) in [4.78, 5) is 3.71. The molecule has 2 nitrogen and oxygen atoms in total. The molecule has 0 saturated heterocycles. The van der Waals surface area contributed by atoms with Crippen LogP contribution in [0.15, 0.2) is 36.7 Å². The zero-order valence-electron chi connectivity index (χ0n) is 10.9. The molecule has 0 amide bonds. The largest absolute Gasteiger partial charge is 0.416 e. The van der Waals surface area contributed by atoms with Gasteiger partial charge in [0, 0.05) is 28.5 Å². The molecule has 0 bridgehead atoms. The highest BCUT2D eigenvalue weighted by Gasteiger charge is 2.35. The molecule has 21 heavy (non-hydrogen) atoms. The van der Waals surface area contributed by atoms with Crippen LogP contribution in [0.25, 0.3) is 0 Å². The van der Waals surface area contributed by atoms with Crippen molar-refractivity contribution in [3.8, 4) is 0 Å². The van der Waals surface area contributed by atoms with E-state index in [0.717, 1.165) is 24.5 Å². The highest BCUT2D eigenvalue weighted by molar-refractivity contribution is 6.30. The molecule has 0 spiro atoms. The summed E-state index contributed by atoms with van der Waals surface area (Å²) in [6.45, 7) is 0. The van der Waals surface area contributed by atoms with Crippen molar-refractivity contribution in [2.45, 2.75) is 12.2 Å². The Labute approximate surface area is 123 Å². The highest BCUT2D eigenvalue weighted by atomic mass is 35.5. The van der Waals surface area contributed by atoms with Crippen LogP contribution in [-0.2, 0) is 6.18 Å². The molecular formula is C14H11ClF4N2. The van der Waals surface area contributed by atoms with E-state index in [2.05, 4.69) is 10.3 Å². The van der Waals surface area contributed by atoms with Gasteiger partial charge in [0.05, 0.1) is 11.6 Å². The van der Waals surface area contributed by atoms with Crippen LogP contribution < -0.4 is 5.32 Å². The van der Waals surface area contributed by atoms with E-state index in [1.807, 2.05) is 0 Å². The highest BCUT2D eigenvalue weighted by Crippen LogP contribution is 2.36. The van der Waals surface area contributed by atoms with Gasteiger partial charge in [-0.05, 0) is 25.2 Å². The Balaban J connectivity index is 2.57. The lowest BCUT2D eigenvalue weighted by atomic mass is 9.95. The lowest BCUT2D eigenvalue weighted by Gasteiger charge is -2.21. The molecule has 0 radical (unpaired) electrons. The van der Waals surface area contributed by atoms with Gasteiger partial charge in [0.1, 0.15) is 5.82 Å². The third-order valence-corrected chi connectivity index (χ3v) is 3.27. The Kier molecular flexibility index (Phi) is 4.49. The number of benzene rings is 1. The Morgan fingerprint density at radius 3 is 2.48 bits per heavy atom. The van der Waals surface area contributed by atoms with Gasteiger partial charge in [-0.25, -0.2) is 4.39 Å². The number of nitrogens with one attached hydrogen (secondary N) is 1. The van der Waals surface area contributed by atoms with Gasteiger partial charge >= 0.3 is 6.18 Å². The van der Waals surface area contributed by atoms with E-state index in [0.29, 0.717) is 0 Å². The van der Waals surface area contributed by atoms with Crippen molar-refractivity contribution in [2.24, 2.45) is 0 Å². The molecule has 1 unspecified atom stereocenters. The van der Waals surface area contributed by atoms with Crippen molar-refractivity contribution in [1.29, 1.82) is 0 Å². The molecule has 2 aromatic rings. The SMILES string of the molecule is CNC(c1ccc(Cl)cc1F)c1cnccc1C(F)(F)F. The van der Waals surface area contributed by atoms with Crippen molar-refractivity contribution in [3.63, 3.8) is 0 Å². The summed E-state index contributed by atoms with van der Waals surface area (Å²) in [5.41, 5.74) is -0.930. The van der Waals surface area contributed by atoms with Crippen LogP contribution in [0, 0.1) is 5.82 Å². The first-order valence-electron chi connectivity index (χ1n) is 5.98. The van der Waals surface area contributed by atoms with Gasteiger partial charge in [-0.3, -0.25) is 4.98 Å². The molecular weight excluding hydrogens is 308 g/mol. The van der Waals surface area contributed by atoms with Gasteiger partial charge < -0.3 is 5.32 Å². The molecule has 1 heterocycles. The summed E-state index contributed by atoms with van der Waals surface area (Å²) >= 11 is 5.66. The number of halogens is 5. The maximum absolute atomic E-state index is 14.0. The maximum Gasteiger partial charge on any atom is 0.416 e. The van der Waals surface area contributed by atoms with Gasteiger partial charge in [-0.15, -0.1) is 0 Å². The summed E-state index contributed by atoms with van der Waals surface area (Å²) in [6.07, 6.45) is -2.41. The summed E-state index contributed by atoms with van der Waals surface area (Å²) in [5, 5.41) is 2.86. The fourth-order valence-corrected chi connectivity index (χ4v) is 2.27. The van der Waals surface area contributed by atoms with Crippen molar-refractivity contribution in [1.82, 2.24) is 10.3 Å². The zero-order valence-corrected chi connectivity index (χ0v) is 11.6. The summed E-state index contributed by atoms with van der Waals surface area (Å²) in [6, 6.07) is 3.73. The van der Waals surface area contributed by atoms with E-state index in [4.69, 9.17) is 11.6 Å². The third kappa shape index (κ3) is 3.33. The predicted octanol–water partition coefficient (Wildman–Crippen LogP) is 4.20. The van der Waals surface area contributed by atoms with Crippen LogP contribution in [0.4, 0.5) is 17.6 Å². The molecule has 0 fully saturated rings. The minimum absolute atomic E-state index is 0.0698. The molecule has 0 saturated carbocycles. The van der Waals surface area contributed by atoms with Gasteiger partial charge in [-0.2, -0.15) is 13.2 Å². The molecule has 7 heteroatoms. The quantitative estimate of drug-likeness (QED) is 0.858. The summed E-state index contributed by atoms with van der Waals surface area (Å²) in [7, 11) is 1.45. The Morgan fingerprint density at radius 1 is 1.19 bits per heavy atom. The number of hydrogen-bond acceptors (Lipinski definition) is 2. The molecule has 1 aromatic heterocycles. The van der Waals surface area contributed by atoms with Crippen molar-refractivity contribution >= 4 is 11.6 Å². The first-order chi connectivity index (χ1) is 9.84. The Morgan fingerprint density at radius 2 is 1.90 bits per heavy atom. The molecule has 0 aliphatic carbocycles. The van der Waals surface area contributed by atoms with Crippen LogP contribution in [0.5, 0.6) is 0 Å². The normalized spacial score (nSPS) is 13.2. The van der Waals surface area contributed by atoms with E-state index in [9.17, 15) is 17.6 Å². The lowest BCUT2D eigenvalue weighted by molar-refractivity contribution is -0.138. The molecule has 0 aliphatic heterocycles. The maximum atomic E-state index is 14.0. The second kappa shape index (κ2) is 5.99. The standard InChI is InChI=1S/C14H11ClF4N2/c1-20-13(9-3-2-8(15)6-12(9)16)10-7-21-5-4-11(10)14(17,18)19/h2-7,13,20H,1H3. The number of pyridine rings is 1. The lowest BCUT2D eigenvalue weighted by Crippen LogP contribution is -2.23. The molecule has 0 aliphatic rings. The average Bonchev–Trinajstić information content (AvgIpc) is 2.41. The number of alkyl halides is 3. The summed E-state index contributed by atoms with van der Waals surface area (Å²) in [5.74, 6) is -0.682. The second-order valence-corrected chi connectivity index (χ2v) is 4.78. The average molecular weight is 319 g/mol.